The molecule has 29 heavy (non-hydrogen) atoms. The topological polar surface area (TPSA) is 83.0 Å². The van der Waals surface area contributed by atoms with E-state index in [-0.39, 0.29) is 11.7 Å². The fourth-order valence-corrected chi connectivity index (χ4v) is 4.51. The van der Waals surface area contributed by atoms with Gasteiger partial charge in [0.15, 0.2) is 5.16 Å². The number of benzene rings is 2. The number of aryl methyl sites for hydroxylation is 2. The summed E-state index contributed by atoms with van der Waals surface area (Å²) in [5.41, 5.74) is 8.69. The molecule has 0 radical (unpaired) electrons. The van der Waals surface area contributed by atoms with E-state index in [1.165, 1.54) is 17.3 Å². The summed E-state index contributed by atoms with van der Waals surface area (Å²) in [6, 6.07) is 16.2. The zero-order valence-electron chi connectivity index (χ0n) is 16.5. The van der Waals surface area contributed by atoms with Crippen LogP contribution in [0, 0.1) is 6.92 Å². The number of nitrogens with two attached hydrogens (primary N) is 1. The van der Waals surface area contributed by atoms with E-state index in [2.05, 4.69) is 29.3 Å². The molecule has 152 valence electrons. The molecule has 0 saturated carbocycles. The molecule has 1 aromatic heterocycles. The normalized spacial score (nSPS) is 10.8. The molecule has 0 aliphatic rings. The zero-order valence-corrected chi connectivity index (χ0v) is 18.1. The molecule has 2 aromatic carbocycles. The Morgan fingerprint density at radius 3 is 2.66 bits per heavy atom. The molecule has 8 heteroatoms. The molecule has 0 unspecified atom stereocenters. The number of aromatic nitrogens is 3. The summed E-state index contributed by atoms with van der Waals surface area (Å²) >= 11 is 3.16. The van der Waals surface area contributed by atoms with E-state index in [9.17, 15) is 4.79 Å². The van der Waals surface area contributed by atoms with Crippen molar-refractivity contribution < 1.29 is 9.53 Å². The fourth-order valence-electron chi connectivity index (χ4n) is 2.91. The molecule has 1 heterocycles. The third-order valence-corrected chi connectivity index (χ3v) is 6.24. The van der Waals surface area contributed by atoms with E-state index in [0.717, 1.165) is 40.8 Å². The molecule has 0 bridgehead atoms. The van der Waals surface area contributed by atoms with Gasteiger partial charge in [-0.3, -0.25) is 9.36 Å². The van der Waals surface area contributed by atoms with E-state index in [4.69, 9.17) is 10.5 Å². The molecule has 0 aliphatic carbocycles. The molecular formula is C21H24N4O2S2. The van der Waals surface area contributed by atoms with E-state index >= 15 is 0 Å². The van der Waals surface area contributed by atoms with Gasteiger partial charge < -0.3 is 10.5 Å². The molecule has 0 spiro atoms. The maximum Gasteiger partial charge on any atom is 0.227 e. The lowest BCUT2D eigenvalue weighted by molar-refractivity contribution is -0.115. The lowest BCUT2D eigenvalue weighted by atomic mass is 10.1. The van der Waals surface area contributed by atoms with Crippen molar-refractivity contribution in [3.63, 3.8) is 0 Å². The van der Waals surface area contributed by atoms with Crippen LogP contribution in [0.4, 0.5) is 0 Å². The molecule has 2 N–H and O–H groups in total. The lowest BCUT2D eigenvalue weighted by Crippen LogP contribution is -2.14. The summed E-state index contributed by atoms with van der Waals surface area (Å²) in [6.07, 6.45) is 0.777. The summed E-state index contributed by atoms with van der Waals surface area (Å²) in [5, 5.41) is 9.32. The fraction of sp³-hybridized carbons (Fsp3) is 0.286. The molecule has 0 atom stereocenters. The second kappa shape index (κ2) is 10.4. The summed E-state index contributed by atoms with van der Waals surface area (Å²) in [6.45, 7) is 2.06. The molecule has 6 nitrogen and oxygen atoms in total. The Morgan fingerprint density at radius 2 is 1.97 bits per heavy atom. The van der Waals surface area contributed by atoms with Crippen molar-refractivity contribution in [3.05, 3.63) is 65.5 Å². The predicted molar refractivity (Wildman–Crippen MR) is 119 cm³/mol. The molecule has 3 rings (SSSR count). The first kappa shape index (κ1) is 21.3. The minimum atomic E-state index is -0.371. The van der Waals surface area contributed by atoms with Crippen molar-refractivity contribution in [1.29, 1.82) is 0 Å². The Hall–Kier alpha value is -2.45. The van der Waals surface area contributed by atoms with Crippen LogP contribution in [-0.4, -0.2) is 39.3 Å². The molecule has 3 aromatic rings. The van der Waals surface area contributed by atoms with Crippen molar-refractivity contribution in [1.82, 2.24) is 14.8 Å². The number of methoxy groups -OCH3 is 1. The summed E-state index contributed by atoms with van der Waals surface area (Å²) in [7, 11) is 1.69. The smallest absolute Gasteiger partial charge is 0.227 e. The van der Waals surface area contributed by atoms with Crippen LogP contribution in [0.2, 0.25) is 0 Å². The summed E-state index contributed by atoms with van der Waals surface area (Å²) in [4.78, 5) is 11.2. The average Bonchev–Trinajstić information content (AvgIpc) is 3.13. The zero-order chi connectivity index (χ0) is 20.6. The Morgan fingerprint density at radius 1 is 1.17 bits per heavy atom. The number of thioether (sulfide) groups is 2. The number of amides is 1. The van der Waals surface area contributed by atoms with Crippen LogP contribution in [0.25, 0.3) is 5.69 Å². The standard InChI is InChI=1S/C21H24N4O2S2/c1-15-12-16(8-9-18(15)27-2)13-28-11-10-20-23-24-21(29-14-19(22)26)25(20)17-6-4-3-5-7-17/h3-9,12H,10-11,13-14H2,1-2H3,(H2,22,26). The number of ether oxygens (including phenoxy) is 1. The number of carbonyl (C=O) groups excluding carboxylic acids is 1. The van der Waals surface area contributed by atoms with E-state index in [1.807, 2.05) is 52.7 Å². The Kier molecular flexibility index (Phi) is 7.60. The summed E-state index contributed by atoms with van der Waals surface area (Å²) in [5.74, 6) is 3.43. The predicted octanol–water partition coefficient (Wildman–Crippen LogP) is 3.64. The van der Waals surface area contributed by atoms with Gasteiger partial charge in [0.1, 0.15) is 11.6 Å². The molecule has 0 fully saturated rings. The van der Waals surface area contributed by atoms with Gasteiger partial charge in [-0.15, -0.1) is 10.2 Å². The van der Waals surface area contributed by atoms with Crippen LogP contribution in [0.3, 0.4) is 0 Å². The van der Waals surface area contributed by atoms with Crippen molar-refractivity contribution in [3.8, 4) is 11.4 Å². The summed E-state index contributed by atoms with van der Waals surface area (Å²) < 4.78 is 7.33. The van der Waals surface area contributed by atoms with E-state index < -0.39 is 0 Å². The van der Waals surface area contributed by atoms with Crippen molar-refractivity contribution in [2.45, 2.75) is 24.3 Å². The number of primary amides is 1. The first-order valence-electron chi connectivity index (χ1n) is 9.20. The molecular weight excluding hydrogens is 404 g/mol. The average molecular weight is 429 g/mol. The van der Waals surface area contributed by atoms with Crippen molar-refractivity contribution in [2.24, 2.45) is 5.73 Å². The second-order valence-corrected chi connectivity index (χ2v) is 8.48. The molecule has 0 aliphatic heterocycles. The quantitative estimate of drug-likeness (QED) is 0.392. The van der Waals surface area contributed by atoms with Crippen LogP contribution >= 0.6 is 23.5 Å². The number of hydrogen-bond acceptors (Lipinski definition) is 6. The van der Waals surface area contributed by atoms with Crippen LogP contribution < -0.4 is 10.5 Å². The minimum absolute atomic E-state index is 0.177. The Bertz CT molecular complexity index is 961. The van der Waals surface area contributed by atoms with Crippen LogP contribution in [0.15, 0.2) is 53.7 Å². The van der Waals surface area contributed by atoms with Gasteiger partial charge in [0, 0.05) is 23.6 Å². The SMILES string of the molecule is COc1ccc(CSCCc2nnc(SCC(N)=O)n2-c2ccccc2)cc1C. The minimum Gasteiger partial charge on any atom is -0.496 e. The highest BCUT2D eigenvalue weighted by Crippen LogP contribution is 2.24. The van der Waals surface area contributed by atoms with Gasteiger partial charge in [0.05, 0.1) is 12.9 Å². The van der Waals surface area contributed by atoms with Crippen LogP contribution in [0.1, 0.15) is 17.0 Å². The largest absolute Gasteiger partial charge is 0.496 e. The number of rotatable bonds is 10. The Labute approximate surface area is 179 Å². The number of nitrogens with zero attached hydrogens (tertiary/aromatic N) is 3. The van der Waals surface area contributed by atoms with Crippen LogP contribution in [-0.2, 0) is 17.0 Å². The maximum atomic E-state index is 11.2. The third kappa shape index (κ3) is 5.77. The highest BCUT2D eigenvalue weighted by molar-refractivity contribution is 7.99. The number of hydrogen-bond donors (Lipinski definition) is 1. The van der Waals surface area contributed by atoms with Gasteiger partial charge in [-0.25, -0.2) is 0 Å². The third-order valence-electron chi connectivity index (χ3n) is 4.26. The van der Waals surface area contributed by atoms with Gasteiger partial charge in [-0.1, -0.05) is 42.1 Å². The van der Waals surface area contributed by atoms with Gasteiger partial charge in [0.2, 0.25) is 5.91 Å². The highest BCUT2D eigenvalue weighted by Gasteiger charge is 2.15. The number of carbonyl (C=O) groups is 1. The van der Waals surface area contributed by atoms with E-state index in [0.29, 0.717) is 5.16 Å². The Balaban J connectivity index is 1.65. The first-order valence-corrected chi connectivity index (χ1v) is 11.3. The van der Waals surface area contributed by atoms with Gasteiger partial charge >= 0.3 is 0 Å². The van der Waals surface area contributed by atoms with E-state index in [1.54, 1.807) is 7.11 Å². The van der Waals surface area contributed by atoms with Crippen molar-refractivity contribution in [2.75, 3.05) is 18.6 Å². The van der Waals surface area contributed by atoms with Crippen molar-refractivity contribution >= 4 is 29.4 Å². The van der Waals surface area contributed by atoms with Gasteiger partial charge in [-0.05, 0) is 36.2 Å². The lowest BCUT2D eigenvalue weighted by Gasteiger charge is -2.10. The molecule has 0 saturated heterocycles. The monoisotopic (exact) mass is 428 g/mol. The van der Waals surface area contributed by atoms with Gasteiger partial charge in [-0.2, -0.15) is 11.8 Å². The molecule has 1 amide bonds. The number of para-hydroxylation sites is 1. The van der Waals surface area contributed by atoms with Gasteiger partial charge in [0.25, 0.3) is 0 Å². The highest BCUT2D eigenvalue weighted by atomic mass is 32.2. The second-order valence-electron chi connectivity index (χ2n) is 6.43. The van der Waals surface area contributed by atoms with Crippen LogP contribution in [0.5, 0.6) is 5.75 Å². The maximum absolute atomic E-state index is 11.2. The first-order chi connectivity index (χ1) is 14.1.